The molecular weight excluding hydrogens is 469 g/mol. The molecule has 9 nitrogen and oxygen atoms in total. The molecule has 5 rings (SSSR count). The van der Waals surface area contributed by atoms with Gasteiger partial charge in [-0.15, -0.1) is 0 Å². The number of ether oxygens (including phenoxy) is 1. The molecule has 0 saturated carbocycles. The van der Waals surface area contributed by atoms with Gasteiger partial charge < -0.3 is 19.8 Å². The number of alkyl halides is 3. The van der Waals surface area contributed by atoms with Crippen molar-refractivity contribution >= 4 is 28.7 Å². The van der Waals surface area contributed by atoms with Crippen LogP contribution in [0.5, 0.6) is 0 Å². The average Bonchev–Trinajstić information content (AvgIpc) is 3.22. The van der Waals surface area contributed by atoms with Gasteiger partial charge in [0.1, 0.15) is 5.69 Å². The van der Waals surface area contributed by atoms with Gasteiger partial charge in [0, 0.05) is 37.0 Å². The molecule has 35 heavy (non-hydrogen) atoms. The quantitative estimate of drug-likeness (QED) is 0.605. The van der Waals surface area contributed by atoms with Gasteiger partial charge in [0.15, 0.2) is 0 Å². The van der Waals surface area contributed by atoms with Crippen LogP contribution >= 0.6 is 0 Å². The Morgan fingerprint density at radius 1 is 1.09 bits per heavy atom. The number of hydrogen-bond donors (Lipinski definition) is 1. The average molecular weight is 488 g/mol. The molecule has 3 aromatic rings. The van der Waals surface area contributed by atoms with E-state index >= 15 is 0 Å². The van der Waals surface area contributed by atoms with Crippen molar-refractivity contribution < 1.29 is 37.1 Å². The molecule has 1 saturated heterocycles. The summed E-state index contributed by atoms with van der Waals surface area (Å²) in [5, 5.41) is 3.23. The van der Waals surface area contributed by atoms with E-state index in [4.69, 9.17) is 9.57 Å². The number of amides is 2. The summed E-state index contributed by atoms with van der Waals surface area (Å²) in [5.74, 6) is -3.22. The fraction of sp³-hybridized carbons (Fsp3) is 0.304. The van der Waals surface area contributed by atoms with Crippen molar-refractivity contribution in [3.63, 3.8) is 0 Å². The van der Waals surface area contributed by atoms with Crippen LogP contribution < -0.4 is 10.2 Å². The van der Waals surface area contributed by atoms with E-state index in [1.165, 1.54) is 6.07 Å². The minimum atomic E-state index is -5.24. The summed E-state index contributed by atoms with van der Waals surface area (Å²) in [4.78, 5) is 47.9. The Morgan fingerprint density at radius 2 is 1.86 bits per heavy atom. The van der Waals surface area contributed by atoms with Crippen LogP contribution in [0, 0.1) is 0 Å². The highest BCUT2D eigenvalue weighted by molar-refractivity contribution is 6.01. The normalized spacial score (nSPS) is 16.1. The number of nitrogens with zero attached hydrogens (tertiary/aromatic N) is 3. The number of hydrogen-bond acceptors (Lipinski definition) is 6. The zero-order chi connectivity index (χ0) is 24.7. The second kappa shape index (κ2) is 8.69. The van der Waals surface area contributed by atoms with E-state index in [-0.39, 0.29) is 41.5 Å². The van der Waals surface area contributed by atoms with Crippen molar-refractivity contribution in [1.29, 1.82) is 0 Å². The molecule has 1 fully saturated rings. The molecule has 2 aromatic heterocycles. The standard InChI is InChI=1S/C23H19F3N4O5/c24-23(25,26)22(33)35-30-17-6-7-27-20(31)15(17)12-18(30)14-3-1-2-13-4-5-16(28-19(13)14)21(32)29-8-10-34-11-9-29/h1-5,12H,6-11H2,(H,27,31). The number of carbonyl (C=O) groups excluding carboxylic acids is 3. The number of benzene rings is 1. The molecule has 2 aliphatic rings. The SMILES string of the molecule is O=C1NCCc2c1cc(-c1cccc3ccc(C(=O)N4CCOCC4)nc13)n2OC(=O)C(F)(F)F. The molecule has 0 atom stereocenters. The van der Waals surface area contributed by atoms with E-state index in [2.05, 4.69) is 10.3 Å². The number of fused-ring (bicyclic) bond motifs is 2. The fourth-order valence-corrected chi connectivity index (χ4v) is 4.18. The van der Waals surface area contributed by atoms with Crippen LogP contribution in [0.3, 0.4) is 0 Å². The highest BCUT2D eigenvalue weighted by atomic mass is 19.4. The first-order chi connectivity index (χ1) is 16.7. The topological polar surface area (TPSA) is 103 Å². The molecule has 2 amide bonds. The molecule has 0 spiro atoms. The third-order valence-electron chi connectivity index (χ3n) is 5.87. The molecule has 4 heterocycles. The summed E-state index contributed by atoms with van der Waals surface area (Å²) in [5.41, 5.74) is 1.04. The number of aromatic nitrogens is 2. The van der Waals surface area contributed by atoms with E-state index in [0.717, 1.165) is 4.73 Å². The van der Waals surface area contributed by atoms with Crippen molar-refractivity contribution in [3.8, 4) is 11.3 Å². The minimum absolute atomic E-state index is 0.0405. The molecule has 0 unspecified atom stereocenters. The molecule has 1 N–H and O–H groups in total. The Bertz CT molecular complexity index is 1340. The van der Waals surface area contributed by atoms with Crippen LogP contribution in [0.1, 0.15) is 26.5 Å². The van der Waals surface area contributed by atoms with Gasteiger partial charge in [0.05, 0.1) is 35.7 Å². The third-order valence-corrected chi connectivity index (χ3v) is 5.87. The maximum absolute atomic E-state index is 13.0. The summed E-state index contributed by atoms with van der Waals surface area (Å²) in [6.07, 6.45) is -5.08. The van der Waals surface area contributed by atoms with Crippen LogP contribution in [0.2, 0.25) is 0 Å². The second-order valence-electron chi connectivity index (χ2n) is 8.05. The Labute approximate surface area is 196 Å². The lowest BCUT2D eigenvalue weighted by molar-refractivity contribution is -0.199. The second-order valence-corrected chi connectivity index (χ2v) is 8.05. The number of nitrogens with one attached hydrogen (secondary N) is 1. The summed E-state index contributed by atoms with van der Waals surface area (Å²) < 4.78 is 45.1. The van der Waals surface area contributed by atoms with Crippen LogP contribution in [0.15, 0.2) is 36.4 Å². The molecule has 1 aromatic carbocycles. The number of morpholine rings is 1. The maximum Gasteiger partial charge on any atom is 0.493 e. The highest BCUT2D eigenvalue weighted by Crippen LogP contribution is 2.32. The minimum Gasteiger partial charge on any atom is -0.378 e. The van der Waals surface area contributed by atoms with Crippen LogP contribution in [-0.4, -0.2) is 71.4 Å². The Balaban J connectivity index is 1.64. The summed E-state index contributed by atoms with van der Waals surface area (Å²) >= 11 is 0. The maximum atomic E-state index is 13.0. The molecule has 182 valence electrons. The molecule has 0 bridgehead atoms. The lowest BCUT2D eigenvalue weighted by Gasteiger charge is -2.26. The monoisotopic (exact) mass is 488 g/mol. The Morgan fingerprint density at radius 3 is 2.60 bits per heavy atom. The smallest absolute Gasteiger partial charge is 0.378 e. The van der Waals surface area contributed by atoms with Crippen molar-refractivity contribution in [2.75, 3.05) is 32.8 Å². The highest BCUT2D eigenvalue weighted by Gasteiger charge is 2.43. The zero-order valence-electron chi connectivity index (χ0n) is 18.2. The zero-order valence-corrected chi connectivity index (χ0v) is 18.2. The molecule has 2 aliphatic heterocycles. The molecular formula is C23H19F3N4O5. The summed E-state index contributed by atoms with van der Waals surface area (Å²) in [6.45, 7) is 1.83. The number of halogens is 3. The first kappa shape index (κ1) is 22.8. The van der Waals surface area contributed by atoms with Gasteiger partial charge >= 0.3 is 12.1 Å². The summed E-state index contributed by atoms with van der Waals surface area (Å²) in [6, 6.07) is 9.59. The van der Waals surface area contributed by atoms with Gasteiger partial charge in [-0.05, 0) is 12.1 Å². The van der Waals surface area contributed by atoms with Crippen molar-refractivity contribution in [3.05, 3.63) is 53.3 Å². The molecule has 0 aliphatic carbocycles. The molecule has 0 radical (unpaired) electrons. The predicted octanol–water partition coefficient (Wildman–Crippen LogP) is 1.98. The number of rotatable bonds is 3. The van der Waals surface area contributed by atoms with Gasteiger partial charge in [-0.25, -0.2) is 9.78 Å². The van der Waals surface area contributed by atoms with Crippen molar-refractivity contribution in [1.82, 2.24) is 19.9 Å². The van der Waals surface area contributed by atoms with Crippen LogP contribution in [0.4, 0.5) is 13.2 Å². The van der Waals surface area contributed by atoms with Gasteiger partial charge in [-0.3, -0.25) is 9.59 Å². The van der Waals surface area contributed by atoms with Gasteiger partial charge in [-0.1, -0.05) is 24.3 Å². The Hall–Kier alpha value is -3.93. The number of pyridine rings is 1. The van der Waals surface area contributed by atoms with E-state index in [9.17, 15) is 27.6 Å². The third kappa shape index (κ3) is 4.20. The summed E-state index contributed by atoms with van der Waals surface area (Å²) in [7, 11) is 0. The Kier molecular flexibility index (Phi) is 5.67. The van der Waals surface area contributed by atoms with Gasteiger partial charge in [0.2, 0.25) is 0 Å². The first-order valence-electron chi connectivity index (χ1n) is 10.8. The fourth-order valence-electron chi connectivity index (χ4n) is 4.18. The molecule has 12 heteroatoms. The van der Waals surface area contributed by atoms with E-state index in [1.807, 2.05) is 0 Å². The lowest BCUT2D eigenvalue weighted by atomic mass is 10.1. The van der Waals surface area contributed by atoms with Gasteiger partial charge in [-0.2, -0.15) is 17.9 Å². The van der Waals surface area contributed by atoms with E-state index < -0.39 is 18.1 Å². The van der Waals surface area contributed by atoms with E-state index in [1.54, 1.807) is 35.2 Å². The lowest BCUT2D eigenvalue weighted by Crippen LogP contribution is -2.41. The number of carbonyl (C=O) groups is 3. The van der Waals surface area contributed by atoms with Crippen molar-refractivity contribution in [2.24, 2.45) is 0 Å². The van der Waals surface area contributed by atoms with E-state index in [0.29, 0.717) is 42.8 Å². The largest absolute Gasteiger partial charge is 0.493 e. The first-order valence-corrected chi connectivity index (χ1v) is 10.8. The van der Waals surface area contributed by atoms with Gasteiger partial charge in [0.25, 0.3) is 11.8 Å². The van der Waals surface area contributed by atoms with Crippen LogP contribution in [-0.2, 0) is 16.0 Å². The predicted molar refractivity (Wildman–Crippen MR) is 116 cm³/mol. The number of para-hydroxylation sites is 1. The van der Waals surface area contributed by atoms with Crippen molar-refractivity contribution in [2.45, 2.75) is 12.6 Å². The van der Waals surface area contributed by atoms with Crippen LogP contribution in [0.25, 0.3) is 22.2 Å².